The number of hydrogen-bond donors (Lipinski definition) is 1. The van der Waals surface area contributed by atoms with Gasteiger partial charge in [0.2, 0.25) is 0 Å². The highest BCUT2D eigenvalue weighted by atomic mass is 16.5. The second-order valence-corrected chi connectivity index (χ2v) is 4.18. The number of carbonyl (C=O) groups excluding carboxylic acids is 1. The number of carbonyl (C=O) groups is 1. The first-order valence-electron chi connectivity index (χ1n) is 6.08. The van der Waals surface area contributed by atoms with E-state index in [0.29, 0.717) is 0 Å². The molecule has 1 N–H and O–H groups in total. The lowest BCUT2D eigenvalue weighted by Gasteiger charge is -2.12. The molecule has 0 amide bonds. The number of esters is 1. The zero-order valence-corrected chi connectivity index (χ0v) is 11.0. The maximum absolute atomic E-state index is 11.3. The molecule has 0 aliphatic rings. The zero-order chi connectivity index (χ0) is 13.7. The van der Waals surface area contributed by atoms with Crippen molar-refractivity contribution in [2.45, 2.75) is 12.5 Å². The second-order valence-electron chi connectivity index (χ2n) is 4.18. The Kier molecular flexibility index (Phi) is 4.30. The molecule has 1 aromatic carbocycles. The number of ether oxygens (including phenoxy) is 1. The van der Waals surface area contributed by atoms with Gasteiger partial charge in [-0.05, 0) is 19.2 Å². The van der Waals surface area contributed by atoms with Crippen molar-refractivity contribution in [3.8, 4) is 5.69 Å². The molecule has 1 heterocycles. The summed E-state index contributed by atoms with van der Waals surface area (Å²) in [5.41, 5.74) is 1.94. The van der Waals surface area contributed by atoms with E-state index >= 15 is 0 Å². The normalized spacial score (nSPS) is 12.1. The average Bonchev–Trinajstić information content (AvgIpc) is 2.95. The van der Waals surface area contributed by atoms with Crippen LogP contribution in [0.5, 0.6) is 0 Å². The summed E-state index contributed by atoms with van der Waals surface area (Å²) >= 11 is 0. The van der Waals surface area contributed by atoms with Gasteiger partial charge in [-0.15, -0.1) is 0 Å². The summed E-state index contributed by atoms with van der Waals surface area (Å²) < 4.78 is 6.48. The van der Waals surface area contributed by atoms with Gasteiger partial charge >= 0.3 is 5.97 Å². The van der Waals surface area contributed by atoms with Gasteiger partial charge in [0.1, 0.15) is 0 Å². The smallest absolute Gasteiger partial charge is 0.307 e. The molecular weight excluding hydrogens is 242 g/mol. The van der Waals surface area contributed by atoms with Crippen LogP contribution in [0.1, 0.15) is 18.0 Å². The topological polar surface area (TPSA) is 56.1 Å². The van der Waals surface area contributed by atoms with Crippen LogP contribution in [0.15, 0.2) is 42.7 Å². The number of para-hydroxylation sites is 1. The Morgan fingerprint density at radius 2 is 2.16 bits per heavy atom. The molecule has 1 unspecified atom stereocenters. The molecule has 5 nitrogen and oxygen atoms in total. The van der Waals surface area contributed by atoms with Gasteiger partial charge in [0.25, 0.3) is 0 Å². The minimum absolute atomic E-state index is 0.0927. The molecule has 100 valence electrons. The molecule has 5 heteroatoms. The van der Waals surface area contributed by atoms with Gasteiger partial charge in [0.05, 0.1) is 25.4 Å². The van der Waals surface area contributed by atoms with Gasteiger partial charge in [0.15, 0.2) is 0 Å². The van der Waals surface area contributed by atoms with Gasteiger partial charge in [-0.3, -0.25) is 4.79 Å². The van der Waals surface area contributed by atoms with Crippen LogP contribution in [0.3, 0.4) is 0 Å². The monoisotopic (exact) mass is 259 g/mol. The summed E-state index contributed by atoms with van der Waals surface area (Å²) in [7, 11) is 3.20. The molecule has 19 heavy (non-hydrogen) atoms. The first kappa shape index (κ1) is 13.3. The van der Waals surface area contributed by atoms with E-state index in [1.807, 2.05) is 43.6 Å². The molecule has 0 saturated carbocycles. The number of rotatable bonds is 5. The van der Waals surface area contributed by atoms with Crippen LogP contribution in [-0.2, 0) is 9.53 Å². The van der Waals surface area contributed by atoms with Crippen LogP contribution < -0.4 is 5.32 Å². The highest BCUT2D eigenvalue weighted by Gasteiger charge is 2.16. The van der Waals surface area contributed by atoms with Crippen molar-refractivity contribution in [1.29, 1.82) is 0 Å². The molecule has 0 bridgehead atoms. The Labute approximate surface area is 112 Å². The van der Waals surface area contributed by atoms with E-state index < -0.39 is 0 Å². The average molecular weight is 259 g/mol. The highest BCUT2D eigenvalue weighted by molar-refractivity contribution is 5.70. The van der Waals surface area contributed by atoms with Crippen molar-refractivity contribution in [1.82, 2.24) is 15.1 Å². The van der Waals surface area contributed by atoms with Crippen molar-refractivity contribution >= 4 is 5.97 Å². The van der Waals surface area contributed by atoms with Crippen LogP contribution in [0.4, 0.5) is 0 Å². The highest BCUT2D eigenvalue weighted by Crippen LogP contribution is 2.18. The third-order valence-corrected chi connectivity index (χ3v) is 2.97. The van der Waals surface area contributed by atoms with Crippen molar-refractivity contribution in [2.75, 3.05) is 14.2 Å². The molecule has 0 radical (unpaired) electrons. The predicted molar refractivity (Wildman–Crippen MR) is 72.0 cm³/mol. The van der Waals surface area contributed by atoms with Crippen LogP contribution >= 0.6 is 0 Å². The fourth-order valence-electron chi connectivity index (χ4n) is 1.88. The number of methoxy groups -OCH3 is 1. The molecule has 0 aliphatic carbocycles. The van der Waals surface area contributed by atoms with Crippen LogP contribution in [0.2, 0.25) is 0 Å². The Bertz CT molecular complexity index is 537. The summed E-state index contributed by atoms with van der Waals surface area (Å²) in [6.07, 6.45) is 3.96. The lowest BCUT2D eigenvalue weighted by molar-refractivity contribution is -0.141. The maximum atomic E-state index is 11.3. The van der Waals surface area contributed by atoms with Gasteiger partial charge in [0, 0.05) is 17.8 Å². The fraction of sp³-hybridized carbons (Fsp3) is 0.286. The molecule has 0 fully saturated rings. The molecule has 1 aromatic heterocycles. The lowest BCUT2D eigenvalue weighted by Crippen LogP contribution is -2.20. The minimum atomic E-state index is -0.244. The van der Waals surface area contributed by atoms with E-state index in [0.717, 1.165) is 11.3 Å². The van der Waals surface area contributed by atoms with Crippen molar-refractivity contribution < 1.29 is 9.53 Å². The Morgan fingerprint density at radius 3 is 2.79 bits per heavy atom. The first-order chi connectivity index (χ1) is 9.24. The van der Waals surface area contributed by atoms with Crippen molar-refractivity contribution in [3.05, 3.63) is 48.3 Å². The van der Waals surface area contributed by atoms with Crippen molar-refractivity contribution in [2.24, 2.45) is 0 Å². The molecular formula is C14H17N3O2. The van der Waals surface area contributed by atoms with Gasteiger partial charge < -0.3 is 10.1 Å². The summed E-state index contributed by atoms with van der Waals surface area (Å²) in [5, 5.41) is 7.41. The number of hydrogen-bond acceptors (Lipinski definition) is 4. The van der Waals surface area contributed by atoms with Gasteiger partial charge in [-0.25, -0.2) is 4.68 Å². The largest absolute Gasteiger partial charge is 0.469 e. The molecule has 0 saturated heterocycles. The SMILES string of the molecule is CNC(CC(=O)OC)c1cnn(-c2ccccc2)c1. The van der Waals surface area contributed by atoms with Crippen molar-refractivity contribution in [3.63, 3.8) is 0 Å². The Hall–Kier alpha value is -2.14. The molecule has 2 aromatic rings. The second kappa shape index (κ2) is 6.15. The van der Waals surface area contributed by atoms with E-state index in [4.69, 9.17) is 0 Å². The number of nitrogens with zero attached hydrogens (tertiary/aromatic N) is 2. The van der Waals surface area contributed by atoms with E-state index in [2.05, 4.69) is 15.2 Å². The standard InChI is InChI=1S/C14H17N3O2/c1-15-13(8-14(18)19-2)11-9-16-17(10-11)12-6-4-3-5-7-12/h3-7,9-10,13,15H,8H2,1-2H3. The van der Waals surface area contributed by atoms with Gasteiger partial charge in [-0.2, -0.15) is 5.10 Å². The summed E-state index contributed by atoms with van der Waals surface area (Å²) in [4.78, 5) is 11.3. The van der Waals surface area contributed by atoms with E-state index in [9.17, 15) is 4.79 Å². The van der Waals surface area contributed by atoms with Crippen LogP contribution in [-0.4, -0.2) is 29.9 Å². The third-order valence-electron chi connectivity index (χ3n) is 2.97. The minimum Gasteiger partial charge on any atom is -0.469 e. The zero-order valence-electron chi connectivity index (χ0n) is 11.0. The fourth-order valence-corrected chi connectivity index (χ4v) is 1.88. The maximum Gasteiger partial charge on any atom is 0.307 e. The third kappa shape index (κ3) is 3.20. The number of benzene rings is 1. The van der Waals surface area contributed by atoms with Crippen LogP contribution in [0.25, 0.3) is 5.69 Å². The first-order valence-corrected chi connectivity index (χ1v) is 6.08. The lowest BCUT2D eigenvalue weighted by atomic mass is 10.1. The summed E-state index contributed by atoms with van der Waals surface area (Å²) in [6.45, 7) is 0. The van der Waals surface area contributed by atoms with E-state index in [1.165, 1.54) is 7.11 Å². The Morgan fingerprint density at radius 1 is 1.42 bits per heavy atom. The quantitative estimate of drug-likeness (QED) is 0.830. The number of nitrogens with one attached hydrogen (secondary N) is 1. The molecule has 2 rings (SSSR count). The molecule has 0 aliphatic heterocycles. The summed E-state index contributed by atoms with van der Waals surface area (Å²) in [5.74, 6) is -0.244. The van der Waals surface area contributed by atoms with E-state index in [1.54, 1.807) is 10.9 Å². The van der Waals surface area contributed by atoms with Crippen LogP contribution in [0, 0.1) is 0 Å². The van der Waals surface area contributed by atoms with E-state index in [-0.39, 0.29) is 18.4 Å². The predicted octanol–water partition coefficient (Wildman–Crippen LogP) is 1.70. The molecule has 1 atom stereocenters. The summed E-state index contributed by atoms with van der Waals surface area (Å²) in [6, 6.07) is 9.74. The Balaban J connectivity index is 2.17. The molecule has 0 spiro atoms. The number of aromatic nitrogens is 2. The van der Waals surface area contributed by atoms with Gasteiger partial charge in [-0.1, -0.05) is 18.2 Å².